The van der Waals surface area contributed by atoms with Gasteiger partial charge in [-0.2, -0.15) is 0 Å². The summed E-state index contributed by atoms with van der Waals surface area (Å²) >= 11 is 5.85. The van der Waals surface area contributed by atoms with Gasteiger partial charge in [0.25, 0.3) is 0 Å². The largest absolute Gasteiger partial charge is 0.481 e. The number of aliphatic carboxylic acids is 1. The van der Waals surface area contributed by atoms with Crippen molar-refractivity contribution in [1.29, 1.82) is 0 Å². The fourth-order valence-corrected chi connectivity index (χ4v) is 2.71. The average Bonchev–Trinajstić information content (AvgIpc) is 2.32. The number of carboxylic acid groups (broad SMARTS) is 1. The van der Waals surface area contributed by atoms with Gasteiger partial charge in [-0.05, 0) is 49.4 Å². The molecule has 0 spiro atoms. The molecule has 1 aromatic carbocycles. The van der Waals surface area contributed by atoms with E-state index in [1.165, 1.54) is 5.56 Å². The Morgan fingerprint density at radius 3 is 2.78 bits per heavy atom. The monoisotopic (exact) mass is 267 g/mol. The van der Waals surface area contributed by atoms with Crippen LogP contribution in [0.5, 0.6) is 0 Å². The normalized spacial score (nSPS) is 23.8. The Kier molecular flexibility index (Phi) is 4.61. The molecule has 1 aliphatic rings. The Bertz CT molecular complexity index is 405. The summed E-state index contributed by atoms with van der Waals surface area (Å²) in [5.74, 6) is -0.381. The molecule has 0 bridgehead atoms. The maximum absolute atomic E-state index is 10.7. The fraction of sp³-hybridized carbons (Fsp3) is 0.500. The van der Waals surface area contributed by atoms with Crippen molar-refractivity contribution in [3.8, 4) is 0 Å². The van der Waals surface area contributed by atoms with Gasteiger partial charge in [-0.3, -0.25) is 4.79 Å². The Balaban J connectivity index is 1.89. The van der Waals surface area contributed by atoms with Crippen molar-refractivity contribution in [3.63, 3.8) is 0 Å². The molecule has 98 valence electrons. The lowest BCUT2D eigenvalue weighted by molar-refractivity contribution is -0.138. The van der Waals surface area contributed by atoms with Crippen LogP contribution in [0.2, 0.25) is 5.02 Å². The summed E-state index contributed by atoms with van der Waals surface area (Å²) in [6.07, 6.45) is 3.13. The molecule has 3 nitrogen and oxygen atoms in total. The highest BCUT2D eigenvalue weighted by Gasteiger charge is 2.23. The number of benzene rings is 1. The molecule has 0 saturated carbocycles. The lowest BCUT2D eigenvalue weighted by atomic mass is 9.87. The first-order valence-corrected chi connectivity index (χ1v) is 6.71. The van der Waals surface area contributed by atoms with E-state index in [0.717, 1.165) is 30.8 Å². The third kappa shape index (κ3) is 4.00. The van der Waals surface area contributed by atoms with Gasteiger partial charge in [0.15, 0.2) is 0 Å². The number of rotatable bonds is 4. The number of carbonyl (C=O) groups is 1. The predicted octanol–water partition coefficient (Wildman–Crippen LogP) is 2.73. The molecule has 1 aromatic rings. The van der Waals surface area contributed by atoms with Gasteiger partial charge < -0.3 is 10.4 Å². The minimum absolute atomic E-state index is 0.290. The highest BCUT2D eigenvalue weighted by molar-refractivity contribution is 6.30. The maximum atomic E-state index is 10.7. The van der Waals surface area contributed by atoms with E-state index in [2.05, 4.69) is 5.32 Å². The number of carboxylic acids is 1. The molecule has 2 N–H and O–H groups in total. The van der Waals surface area contributed by atoms with Crippen LogP contribution in [0.15, 0.2) is 24.3 Å². The van der Waals surface area contributed by atoms with E-state index in [1.54, 1.807) is 0 Å². The first kappa shape index (κ1) is 13.4. The van der Waals surface area contributed by atoms with Gasteiger partial charge in [0, 0.05) is 17.5 Å². The van der Waals surface area contributed by atoms with Crippen LogP contribution in [0.3, 0.4) is 0 Å². The Morgan fingerprint density at radius 1 is 1.39 bits per heavy atom. The number of nitrogens with one attached hydrogen (secondary N) is 1. The zero-order valence-corrected chi connectivity index (χ0v) is 11.0. The summed E-state index contributed by atoms with van der Waals surface area (Å²) < 4.78 is 0. The minimum Gasteiger partial charge on any atom is -0.481 e. The van der Waals surface area contributed by atoms with Crippen molar-refractivity contribution in [2.45, 2.75) is 31.7 Å². The first-order valence-electron chi connectivity index (χ1n) is 6.33. The van der Waals surface area contributed by atoms with Gasteiger partial charge in [0.05, 0.1) is 0 Å². The van der Waals surface area contributed by atoms with Crippen LogP contribution in [-0.2, 0) is 11.2 Å². The second-order valence-corrected chi connectivity index (χ2v) is 5.41. The van der Waals surface area contributed by atoms with E-state index < -0.39 is 5.97 Å². The second-order valence-electron chi connectivity index (χ2n) is 4.97. The molecular formula is C14H18ClNO2. The van der Waals surface area contributed by atoms with Crippen LogP contribution in [0.25, 0.3) is 0 Å². The zero-order chi connectivity index (χ0) is 13.0. The average molecular weight is 268 g/mol. The van der Waals surface area contributed by atoms with Crippen LogP contribution in [-0.4, -0.2) is 23.7 Å². The molecule has 0 aromatic heterocycles. The lowest BCUT2D eigenvalue weighted by Crippen LogP contribution is -2.40. The first-order chi connectivity index (χ1) is 8.63. The summed E-state index contributed by atoms with van der Waals surface area (Å²) in [5.41, 5.74) is 1.24. The van der Waals surface area contributed by atoms with Crippen molar-refractivity contribution < 1.29 is 9.90 Å². The topological polar surface area (TPSA) is 49.3 Å². The third-order valence-electron chi connectivity index (χ3n) is 3.46. The van der Waals surface area contributed by atoms with Crippen molar-refractivity contribution in [3.05, 3.63) is 34.9 Å². The van der Waals surface area contributed by atoms with Crippen molar-refractivity contribution in [2.75, 3.05) is 6.54 Å². The Morgan fingerprint density at radius 2 is 2.11 bits per heavy atom. The number of piperidine rings is 1. The molecule has 2 rings (SSSR count). The van der Waals surface area contributed by atoms with Crippen LogP contribution >= 0.6 is 11.6 Å². The Labute approximate surface area is 112 Å². The molecule has 18 heavy (non-hydrogen) atoms. The molecule has 0 aliphatic carbocycles. The molecule has 2 unspecified atom stereocenters. The highest BCUT2D eigenvalue weighted by atomic mass is 35.5. The summed E-state index contributed by atoms with van der Waals surface area (Å²) in [4.78, 5) is 10.7. The quantitative estimate of drug-likeness (QED) is 0.882. The fourth-order valence-electron chi connectivity index (χ4n) is 2.59. The summed E-state index contributed by atoms with van der Waals surface area (Å²) in [6, 6.07) is 8.24. The molecule has 1 fully saturated rings. The van der Waals surface area contributed by atoms with Crippen LogP contribution in [0.1, 0.15) is 24.8 Å². The molecule has 0 radical (unpaired) electrons. The van der Waals surface area contributed by atoms with Crippen molar-refractivity contribution >= 4 is 17.6 Å². The number of hydrogen-bond donors (Lipinski definition) is 2. The summed E-state index contributed by atoms with van der Waals surface area (Å²) in [7, 11) is 0. The summed E-state index contributed by atoms with van der Waals surface area (Å²) in [6.45, 7) is 0.913. The molecule has 1 aliphatic heterocycles. The van der Waals surface area contributed by atoms with E-state index >= 15 is 0 Å². The van der Waals surface area contributed by atoms with Gasteiger partial charge in [0.1, 0.15) is 0 Å². The lowest BCUT2D eigenvalue weighted by Gasteiger charge is -2.29. The van der Waals surface area contributed by atoms with Gasteiger partial charge in [-0.25, -0.2) is 0 Å². The smallest absolute Gasteiger partial charge is 0.303 e. The standard InChI is InChI=1S/C14H18ClNO2/c15-12-3-1-10(2-4-12)7-13-8-11(5-6-16-13)9-14(17)18/h1-4,11,13,16H,5-9H2,(H,17,18). The van der Waals surface area contributed by atoms with E-state index in [1.807, 2.05) is 24.3 Å². The van der Waals surface area contributed by atoms with E-state index in [-0.39, 0.29) is 0 Å². The molecule has 1 heterocycles. The SMILES string of the molecule is O=C(O)CC1CCNC(Cc2ccc(Cl)cc2)C1. The number of halogens is 1. The summed E-state index contributed by atoms with van der Waals surface area (Å²) in [5, 5.41) is 13.0. The molecule has 4 heteroatoms. The van der Waals surface area contributed by atoms with E-state index in [9.17, 15) is 4.79 Å². The van der Waals surface area contributed by atoms with Gasteiger partial charge in [0.2, 0.25) is 0 Å². The second kappa shape index (κ2) is 6.21. The molecule has 1 saturated heterocycles. The van der Waals surface area contributed by atoms with Crippen LogP contribution in [0, 0.1) is 5.92 Å². The van der Waals surface area contributed by atoms with E-state index in [4.69, 9.17) is 16.7 Å². The minimum atomic E-state index is -0.688. The Hall–Kier alpha value is -1.06. The van der Waals surface area contributed by atoms with Gasteiger partial charge in [-0.1, -0.05) is 23.7 Å². The molecule has 0 amide bonds. The maximum Gasteiger partial charge on any atom is 0.303 e. The van der Waals surface area contributed by atoms with Crippen molar-refractivity contribution in [1.82, 2.24) is 5.32 Å². The van der Waals surface area contributed by atoms with Gasteiger partial charge in [-0.15, -0.1) is 0 Å². The zero-order valence-electron chi connectivity index (χ0n) is 10.2. The van der Waals surface area contributed by atoms with E-state index in [0.29, 0.717) is 18.4 Å². The van der Waals surface area contributed by atoms with Gasteiger partial charge >= 0.3 is 5.97 Å². The van der Waals surface area contributed by atoms with Crippen LogP contribution in [0.4, 0.5) is 0 Å². The highest BCUT2D eigenvalue weighted by Crippen LogP contribution is 2.22. The third-order valence-corrected chi connectivity index (χ3v) is 3.71. The predicted molar refractivity (Wildman–Crippen MR) is 71.9 cm³/mol. The number of hydrogen-bond acceptors (Lipinski definition) is 2. The molecular weight excluding hydrogens is 250 g/mol. The van der Waals surface area contributed by atoms with Crippen molar-refractivity contribution in [2.24, 2.45) is 5.92 Å². The van der Waals surface area contributed by atoms with Crippen LogP contribution < -0.4 is 5.32 Å². The molecule has 2 atom stereocenters.